The van der Waals surface area contributed by atoms with E-state index in [4.69, 9.17) is 9.47 Å². The van der Waals surface area contributed by atoms with Crippen LogP contribution in [0.3, 0.4) is 0 Å². The van der Waals surface area contributed by atoms with Gasteiger partial charge >= 0.3 is 0 Å². The Morgan fingerprint density at radius 3 is 2.40 bits per heavy atom. The molecular weight excluding hydrogens is 321 g/mol. The quantitative estimate of drug-likeness (QED) is 0.598. The molecule has 2 aromatic rings. The molecule has 2 aromatic carbocycles. The lowest BCUT2D eigenvalue weighted by atomic mass is 10.2. The van der Waals surface area contributed by atoms with Crippen LogP contribution in [0.5, 0.6) is 11.5 Å². The number of hydrogen-bond acceptors (Lipinski definition) is 3. The summed E-state index contributed by atoms with van der Waals surface area (Å²) in [4.78, 5) is 4.13. The van der Waals surface area contributed by atoms with Crippen LogP contribution in [0.25, 0.3) is 0 Å². The molecule has 0 spiro atoms. The van der Waals surface area contributed by atoms with Crippen molar-refractivity contribution < 1.29 is 13.9 Å². The van der Waals surface area contributed by atoms with Crippen LogP contribution in [0.4, 0.5) is 4.39 Å². The summed E-state index contributed by atoms with van der Waals surface area (Å²) >= 11 is 0. The van der Waals surface area contributed by atoms with Gasteiger partial charge < -0.3 is 20.1 Å². The van der Waals surface area contributed by atoms with Crippen molar-refractivity contribution in [3.63, 3.8) is 0 Å². The molecule has 2 rings (SSSR count). The highest BCUT2D eigenvalue weighted by Crippen LogP contribution is 2.17. The molecule has 25 heavy (non-hydrogen) atoms. The van der Waals surface area contributed by atoms with Gasteiger partial charge in [-0.05, 0) is 37.3 Å². The first-order chi connectivity index (χ1) is 12.1. The van der Waals surface area contributed by atoms with Gasteiger partial charge in [0, 0.05) is 19.2 Å². The van der Waals surface area contributed by atoms with Gasteiger partial charge in [-0.15, -0.1) is 0 Å². The maximum Gasteiger partial charge on any atom is 0.191 e. The first-order valence-electron chi connectivity index (χ1n) is 8.11. The summed E-state index contributed by atoms with van der Waals surface area (Å²) in [5.41, 5.74) is 0.591. The van der Waals surface area contributed by atoms with E-state index >= 15 is 0 Å². The predicted octanol–water partition coefficient (Wildman–Crippen LogP) is 2.97. The fraction of sp³-hybridized carbons (Fsp3) is 0.316. The van der Waals surface area contributed by atoms with Crippen LogP contribution in [0.1, 0.15) is 12.5 Å². The minimum Gasteiger partial charge on any atom is -0.497 e. The summed E-state index contributed by atoms with van der Waals surface area (Å²) in [6, 6.07) is 14.1. The highest BCUT2D eigenvalue weighted by atomic mass is 19.1. The molecule has 0 heterocycles. The predicted molar refractivity (Wildman–Crippen MR) is 97.7 cm³/mol. The van der Waals surface area contributed by atoms with E-state index in [1.807, 2.05) is 31.2 Å². The maximum atomic E-state index is 13.6. The average molecular weight is 345 g/mol. The molecule has 0 fully saturated rings. The molecule has 0 aliphatic heterocycles. The Labute approximate surface area is 147 Å². The Balaban J connectivity index is 1.78. The lowest BCUT2D eigenvalue weighted by Gasteiger charge is -2.18. The van der Waals surface area contributed by atoms with Crippen molar-refractivity contribution in [2.45, 2.75) is 19.6 Å². The van der Waals surface area contributed by atoms with E-state index in [0.717, 1.165) is 11.5 Å². The van der Waals surface area contributed by atoms with Crippen LogP contribution < -0.4 is 20.1 Å². The van der Waals surface area contributed by atoms with E-state index in [2.05, 4.69) is 15.6 Å². The molecule has 0 saturated carbocycles. The molecule has 1 atom stereocenters. The van der Waals surface area contributed by atoms with E-state index in [-0.39, 0.29) is 11.9 Å². The summed E-state index contributed by atoms with van der Waals surface area (Å²) in [7, 11) is 3.30. The highest BCUT2D eigenvalue weighted by Gasteiger charge is 2.07. The molecule has 2 N–H and O–H groups in total. The molecule has 0 aliphatic carbocycles. The number of halogens is 1. The zero-order valence-electron chi connectivity index (χ0n) is 14.8. The third-order valence-electron chi connectivity index (χ3n) is 3.58. The van der Waals surface area contributed by atoms with Gasteiger partial charge in [0.2, 0.25) is 0 Å². The number of methoxy groups -OCH3 is 1. The summed E-state index contributed by atoms with van der Waals surface area (Å²) in [6.45, 7) is 2.88. The molecule has 1 unspecified atom stereocenters. The van der Waals surface area contributed by atoms with Crippen molar-refractivity contribution >= 4 is 5.96 Å². The summed E-state index contributed by atoms with van der Waals surface area (Å²) < 4.78 is 24.6. The van der Waals surface area contributed by atoms with E-state index < -0.39 is 0 Å². The number of rotatable bonds is 7. The van der Waals surface area contributed by atoms with Crippen molar-refractivity contribution in [2.24, 2.45) is 4.99 Å². The van der Waals surface area contributed by atoms with Gasteiger partial charge in [0.15, 0.2) is 5.96 Å². The van der Waals surface area contributed by atoms with Gasteiger partial charge in [0.25, 0.3) is 0 Å². The van der Waals surface area contributed by atoms with Crippen molar-refractivity contribution in [3.8, 4) is 11.5 Å². The van der Waals surface area contributed by atoms with Crippen LogP contribution in [0.15, 0.2) is 53.5 Å². The second kappa shape index (κ2) is 9.52. The van der Waals surface area contributed by atoms with Crippen LogP contribution in [-0.4, -0.2) is 32.8 Å². The van der Waals surface area contributed by atoms with E-state index in [9.17, 15) is 4.39 Å². The minimum atomic E-state index is -0.235. The second-order valence-corrected chi connectivity index (χ2v) is 5.50. The van der Waals surface area contributed by atoms with Crippen molar-refractivity contribution in [2.75, 3.05) is 20.7 Å². The van der Waals surface area contributed by atoms with E-state index in [1.54, 1.807) is 32.4 Å². The summed E-state index contributed by atoms with van der Waals surface area (Å²) in [6.07, 6.45) is -0.0691. The minimum absolute atomic E-state index is 0.0691. The van der Waals surface area contributed by atoms with Gasteiger partial charge in [0.05, 0.1) is 13.7 Å². The lowest BCUT2D eigenvalue weighted by molar-refractivity contribution is 0.223. The van der Waals surface area contributed by atoms with Gasteiger partial charge in [-0.25, -0.2) is 4.39 Å². The van der Waals surface area contributed by atoms with Crippen LogP contribution in [0, 0.1) is 5.82 Å². The number of aliphatic imine (C=N–C) groups is 1. The molecule has 5 nitrogen and oxygen atoms in total. The number of hydrogen-bond donors (Lipinski definition) is 2. The Kier molecular flexibility index (Phi) is 7.07. The molecule has 0 radical (unpaired) electrons. The van der Waals surface area contributed by atoms with Crippen molar-refractivity contribution in [3.05, 3.63) is 59.9 Å². The van der Waals surface area contributed by atoms with Crippen molar-refractivity contribution in [1.82, 2.24) is 10.6 Å². The first-order valence-corrected chi connectivity index (χ1v) is 8.11. The Morgan fingerprint density at radius 1 is 1.08 bits per heavy atom. The molecule has 0 bridgehead atoms. The zero-order chi connectivity index (χ0) is 18.1. The molecular formula is C19H24FN3O2. The number of benzene rings is 2. The molecule has 6 heteroatoms. The first kappa shape index (κ1) is 18.6. The van der Waals surface area contributed by atoms with E-state index in [1.165, 1.54) is 6.07 Å². The smallest absolute Gasteiger partial charge is 0.191 e. The highest BCUT2D eigenvalue weighted by molar-refractivity contribution is 5.79. The zero-order valence-corrected chi connectivity index (χ0v) is 14.8. The molecule has 0 aliphatic rings. The molecule has 134 valence electrons. The normalized spacial score (nSPS) is 12.4. The largest absolute Gasteiger partial charge is 0.497 e. The number of ether oxygens (including phenoxy) is 2. The second-order valence-electron chi connectivity index (χ2n) is 5.50. The Hall–Kier alpha value is -2.76. The van der Waals surface area contributed by atoms with Crippen LogP contribution in [0.2, 0.25) is 0 Å². The number of nitrogens with zero attached hydrogens (tertiary/aromatic N) is 1. The van der Waals surface area contributed by atoms with Gasteiger partial charge in [-0.1, -0.05) is 18.2 Å². The Bertz CT molecular complexity index is 689. The number of nitrogens with one attached hydrogen (secondary N) is 2. The van der Waals surface area contributed by atoms with Crippen molar-refractivity contribution in [1.29, 1.82) is 0 Å². The van der Waals surface area contributed by atoms with Crippen LogP contribution in [-0.2, 0) is 6.54 Å². The third kappa shape index (κ3) is 5.99. The fourth-order valence-electron chi connectivity index (χ4n) is 2.21. The molecule has 0 aromatic heterocycles. The maximum absolute atomic E-state index is 13.6. The third-order valence-corrected chi connectivity index (χ3v) is 3.58. The monoisotopic (exact) mass is 345 g/mol. The Morgan fingerprint density at radius 2 is 1.76 bits per heavy atom. The van der Waals surface area contributed by atoms with Crippen LogP contribution >= 0.6 is 0 Å². The molecule has 0 saturated heterocycles. The van der Waals surface area contributed by atoms with Gasteiger partial charge in [-0.3, -0.25) is 4.99 Å². The van der Waals surface area contributed by atoms with E-state index in [0.29, 0.717) is 24.6 Å². The fourth-order valence-corrected chi connectivity index (χ4v) is 2.21. The number of guanidine groups is 1. The SMILES string of the molecule is CN=C(NCc1ccccc1F)NCC(C)Oc1ccc(OC)cc1. The average Bonchev–Trinajstić information content (AvgIpc) is 2.64. The topological polar surface area (TPSA) is 54.9 Å². The van der Waals surface area contributed by atoms with Gasteiger partial charge in [0.1, 0.15) is 23.4 Å². The standard InChI is InChI=1S/C19H24FN3O2/c1-14(25-17-10-8-16(24-3)9-11-17)12-22-19(21-2)23-13-15-6-4-5-7-18(15)20/h4-11,14H,12-13H2,1-3H3,(H2,21,22,23). The summed E-state index contributed by atoms with van der Waals surface area (Å²) in [5.74, 6) is 1.91. The van der Waals surface area contributed by atoms with Gasteiger partial charge in [-0.2, -0.15) is 0 Å². The molecule has 0 amide bonds. The summed E-state index contributed by atoms with van der Waals surface area (Å²) in [5, 5.41) is 6.26. The lowest BCUT2D eigenvalue weighted by Crippen LogP contribution is -2.41.